The Hall–Kier alpha value is -1.58. The number of hydrogen-bond donors (Lipinski definition) is 1. The number of nitrogens with zero attached hydrogens (tertiary/aromatic N) is 2. The Kier molecular flexibility index (Phi) is 4.86. The summed E-state index contributed by atoms with van der Waals surface area (Å²) >= 11 is 0.938. The summed E-state index contributed by atoms with van der Waals surface area (Å²) in [5, 5.41) is 2.57. The summed E-state index contributed by atoms with van der Waals surface area (Å²) in [6, 6.07) is 4.44. The van der Waals surface area contributed by atoms with Crippen molar-refractivity contribution in [3.63, 3.8) is 0 Å². The van der Waals surface area contributed by atoms with Gasteiger partial charge in [-0.25, -0.2) is 8.42 Å². The minimum absolute atomic E-state index is 0.0308. The van der Waals surface area contributed by atoms with Gasteiger partial charge in [-0.3, -0.25) is 4.79 Å². The molecule has 21 heavy (non-hydrogen) atoms. The molecule has 0 saturated carbocycles. The van der Waals surface area contributed by atoms with E-state index in [0.717, 1.165) is 11.7 Å². The smallest absolute Gasteiger partial charge is 0.235 e. The normalized spacial score (nSPS) is 13.2. The van der Waals surface area contributed by atoms with Crippen LogP contribution in [0.15, 0.2) is 23.1 Å². The number of ether oxygens (including phenoxy) is 1. The first kappa shape index (κ1) is 15.8. The van der Waals surface area contributed by atoms with Crippen LogP contribution in [0.25, 0.3) is 11.0 Å². The van der Waals surface area contributed by atoms with Crippen molar-refractivity contribution in [1.29, 1.82) is 0 Å². The van der Waals surface area contributed by atoms with E-state index in [-0.39, 0.29) is 10.9 Å². The number of fused-ring (bicyclic) bond motifs is 1. The number of carbonyl (C=O) groups is 1. The lowest BCUT2D eigenvalue weighted by Crippen LogP contribution is -2.39. The van der Waals surface area contributed by atoms with Gasteiger partial charge in [0.1, 0.15) is 16.8 Å². The molecule has 0 aliphatic carbocycles. The van der Waals surface area contributed by atoms with Gasteiger partial charge in [0, 0.05) is 13.2 Å². The van der Waals surface area contributed by atoms with Crippen molar-refractivity contribution >= 4 is 38.5 Å². The van der Waals surface area contributed by atoms with Gasteiger partial charge < -0.3 is 10.1 Å². The van der Waals surface area contributed by atoms with Crippen LogP contribution in [0, 0.1) is 0 Å². The van der Waals surface area contributed by atoms with Gasteiger partial charge in [-0.2, -0.15) is 8.75 Å². The zero-order chi connectivity index (χ0) is 15.5. The third-order valence-corrected chi connectivity index (χ3v) is 4.91. The maximum atomic E-state index is 12.3. The highest BCUT2D eigenvalue weighted by molar-refractivity contribution is 7.92. The van der Waals surface area contributed by atoms with Gasteiger partial charge in [-0.05, 0) is 19.1 Å². The number of nitrogens with one attached hydrogen (secondary N) is 1. The molecular weight excluding hydrogens is 314 g/mol. The van der Waals surface area contributed by atoms with Crippen LogP contribution >= 0.6 is 11.7 Å². The number of amides is 1. The van der Waals surface area contributed by atoms with Crippen molar-refractivity contribution in [2.45, 2.75) is 17.9 Å². The summed E-state index contributed by atoms with van der Waals surface area (Å²) in [5.74, 6) is -1.20. The second-order valence-corrected chi connectivity index (χ2v) is 7.06. The van der Waals surface area contributed by atoms with E-state index in [2.05, 4.69) is 14.1 Å². The van der Waals surface area contributed by atoms with Crippen LogP contribution in [-0.2, 0) is 19.4 Å². The van der Waals surface area contributed by atoms with E-state index in [1.807, 2.05) is 0 Å². The standard InChI is InChI=1S/C12H15N3O4S2/c1-8(6-19-2)13-11(16)7-21(17,18)10-5-3-4-9-12(10)15-20-14-9/h3-5,8H,6-7H2,1-2H3,(H,13,16). The lowest BCUT2D eigenvalue weighted by atomic mass is 10.3. The highest BCUT2D eigenvalue weighted by Crippen LogP contribution is 2.22. The predicted octanol–water partition coefficient (Wildman–Crippen LogP) is 0.616. The molecule has 1 heterocycles. The Balaban J connectivity index is 2.19. The summed E-state index contributed by atoms with van der Waals surface area (Å²) in [4.78, 5) is 11.8. The first-order valence-electron chi connectivity index (χ1n) is 6.16. The average molecular weight is 329 g/mol. The molecule has 1 unspecified atom stereocenters. The van der Waals surface area contributed by atoms with E-state index < -0.39 is 21.5 Å². The van der Waals surface area contributed by atoms with Crippen LogP contribution in [0.3, 0.4) is 0 Å². The van der Waals surface area contributed by atoms with Crippen molar-refractivity contribution < 1.29 is 17.9 Å². The molecule has 9 heteroatoms. The molecule has 1 aromatic heterocycles. The van der Waals surface area contributed by atoms with E-state index >= 15 is 0 Å². The van der Waals surface area contributed by atoms with E-state index in [1.165, 1.54) is 13.2 Å². The molecule has 0 bridgehead atoms. The molecule has 7 nitrogen and oxygen atoms in total. The minimum Gasteiger partial charge on any atom is -0.383 e. The summed E-state index contributed by atoms with van der Waals surface area (Å²) in [6.45, 7) is 2.05. The maximum Gasteiger partial charge on any atom is 0.235 e. The van der Waals surface area contributed by atoms with Gasteiger partial charge in [-0.15, -0.1) is 0 Å². The van der Waals surface area contributed by atoms with Crippen LogP contribution in [0.1, 0.15) is 6.92 Å². The Morgan fingerprint density at radius 3 is 2.90 bits per heavy atom. The molecule has 0 aliphatic rings. The number of methoxy groups -OCH3 is 1. The van der Waals surface area contributed by atoms with E-state index in [0.29, 0.717) is 17.6 Å². The summed E-state index contributed by atoms with van der Waals surface area (Å²) in [7, 11) is -2.26. The summed E-state index contributed by atoms with van der Waals surface area (Å²) < 4.78 is 37.5. The molecule has 2 aromatic rings. The minimum atomic E-state index is -3.77. The zero-order valence-electron chi connectivity index (χ0n) is 11.6. The van der Waals surface area contributed by atoms with Crippen molar-refractivity contribution in [1.82, 2.24) is 14.1 Å². The van der Waals surface area contributed by atoms with Gasteiger partial charge in [0.25, 0.3) is 0 Å². The van der Waals surface area contributed by atoms with Crippen LogP contribution in [0.2, 0.25) is 0 Å². The molecule has 0 spiro atoms. The number of carbonyl (C=O) groups excluding carboxylic acids is 1. The van der Waals surface area contributed by atoms with Crippen molar-refractivity contribution in [3.8, 4) is 0 Å². The molecular formula is C12H15N3O4S2. The van der Waals surface area contributed by atoms with E-state index in [4.69, 9.17) is 4.74 Å². The van der Waals surface area contributed by atoms with Crippen molar-refractivity contribution in [3.05, 3.63) is 18.2 Å². The van der Waals surface area contributed by atoms with Gasteiger partial charge >= 0.3 is 0 Å². The molecule has 0 saturated heterocycles. The number of aromatic nitrogens is 2. The highest BCUT2D eigenvalue weighted by atomic mass is 32.2. The second-order valence-electron chi connectivity index (χ2n) is 4.57. The van der Waals surface area contributed by atoms with Crippen LogP contribution in [-0.4, -0.2) is 48.6 Å². The van der Waals surface area contributed by atoms with Crippen LogP contribution < -0.4 is 5.32 Å². The van der Waals surface area contributed by atoms with E-state index in [1.54, 1.807) is 19.1 Å². The first-order chi connectivity index (χ1) is 9.94. The molecule has 1 N–H and O–H groups in total. The van der Waals surface area contributed by atoms with Crippen molar-refractivity contribution in [2.24, 2.45) is 0 Å². The Morgan fingerprint density at radius 2 is 2.19 bits per heavy atom. The molecule has 0 aliphatic heterocycles. The second kappa shape index (κ2) is 6.46. The van der Waals surface area contributed by atoms with Crippen LogP contribution in [0.5, 0.6) is 0 Å². The fourth-order valence-corrected chi connectivity index (χ4v) is 3.81. The predicted molar refractivity (Wildman–Crippen MR) is 78.9 cm³/mol. The maximum absolute atomic E-state index is 12.3. The van der Waals surface area contributed by atoms with Gasteiger partial charge in [0.2, 0.25) is 5.91 Å². The molecule has 0 fully saturated rings. The third-order valence-electron chi connectivity index (χ3n) is 2.73. The third kappa shape index (κ3) is 3.74. The first-order valence-corrected chi connectivity index (χ1v) is 8.54. The van der Waals surface area contributed by atoms with Crippen molar-refractivity contribution in [2.75, 3.05) is 19.5 Å². The summed E-state index contributed by atoms with van der Waals surface area (Å²) in [5.41, 5.74) is 0.814. The van der Waals surface area contributed by atoms with Gasteiger partial charge in [-0.1, -0.05) is 6.07 Å². The summed E-state index contributed by atoms with van der Waals surface area (Å²) in [6.07, 6.45) is 0. The Labute approximate surface area is 126 Å². The number of hydrogen-bond acceptors (Lipinski definition) is 7. The fraction of sp³-hybridized carbons (Fsp3) is 0.417. The lowest BCUT2D eigenvalue weighted by molar-refractivity contribution is -0.119. The topological polar surface area (TPSA) is 98.2 Å². The largest absolute Gasteiger partial charge is 0.383 e. The Morgan fingerprint density at radius 1 is 1.43 bits per heavy atom. The number of benzene rings is 1. The molecule has 1 amide bonds. The fourth-order valence-electron chi connectivity index (χ4n) is 1.89. The Bertz CT molecular complexity index is 742. The lowest BCUT2D eigenvalue weighted by Gasteiger charge is -2.12. The number of sulfone groups is 1. The zero-order valence-corrected chi connectivity index (χ0v) is 13.2. The molecule has 1 aromatic carbocycles. The molecule has 2 rings (SSSR count). The van der Waals surface area contributed by atoms with E-state index in [9.17, 15) is 13.2 Å². The van der Waals surface area contributed by atoms with Crippen LogP contribution in [0.4, 0.5) is 0 Å². The average Bonchev–Trinajstić information content (AvgIpc) is 2.85. The molecule has 0 radical (unpaired) electrons. The van der Waals surface area contributed by atoms with Gasteiger partial charge in [0.15, 0.2) is 9.84 Å². The highest BCUT2D eigenvalue weighted by Gasteiger charge is 2.23. The number of rotatable bonds is 6. The van der Waals surface area contributed by atoms with Gasteiger partial charge in [0.05, 0.1) is 23.2 Å². The quantitative estimate of drug-likeness (QED) is 0.834. The SMILES string of the molecule is COCC(C)NC(=O)CS(=O)(=O)c1cccc2nsnc12. The molecule has 1 atom stereocenters. The monoisotopic (exact) mass is 329 g/mol. The molecule has 114 valence electrons.